The number of H-pyrrole nitrogens is 1. The molecule has 0 bridgehead atoms. The van der Waals surface area contributed by atoms with Crippen LogP contribution in [0.4, 0.5) is 24.7 Å². The number of rotatable bonds is 4. The van der Waals surface area contributed by atoms with Gasteiger partial charge in [0.05, 0.1) is 18.4 Å². The molecular weight excluding hydrogens is 369 g/mol. The summed E-state index contributed by atoms with van der Waals surface area (Å²) in [6.07, 6.45) is -2.92. The van der Waals surface area contributed by atoms with E-state index in [2.05, 4.69) is 20.5 Å². The smallest absolute Gasteiger partial charge is 0.340 e. The molecule has 0 atom stereocenters. The summed E-state index contributed by atoms with van der Waals surface area (Å²) in [6.45, 7) is 0.441. The molecule has 0 spiro atoms. The third-order valence-electron chi connectivity index (χ3n) is 4.25. The van der Waals surface area contributed by atoms with Crippen molar-refractivity contribution in [2.24, 2.45) is 0 Å². The zero-order valence-corrected chi connectivity index (χ0v) is 14.5. The average molecular weight is 384 g/mol. The first-order valence-electron chi connectivity index (χ1n) is 8.38. The summed E-state index contributed by atoms with van der Waals surface area (Å²) < 4.78 is 40.4. The number of fused-ring (bicyclic) bond motifs is 1. The molecule has 4 rings (SSSR count). The van der Waals surface area contributed by atoms with Crippen LogP contribution in [0.15, 0.2) is 60.9 Å². The van der Waals surface area contributed by atoms with Gasteiger partial charge < -0.3 is 9.88 Å². The van der Waals surface area contributed by atoms with Crippen LogP contribution >= 0.6 is 0 Å². The maximum absolute atomic E-state index is 12.9. The van der Waals surface area contributed by atoms with Crippen LogP contribution in [0, 0.1) is 5.41 Å². The molecule has 2 heterocycles. The van der Waals surface area contributed by atoms with Crippen LogP contribution < -0.4 is 10.8 Å². The van der Waals surface area contributed by atoms with Gasteiger partial charge in [0, 0.05) is 5.69 Å². The first-order valence-corrected chi connectivity index (χ1v) is 8.38. The lowest BCUT2D eigenvalue weighted by atomic mass is 10.2. The number of benzene rings is 2. The van der Waals surface area contributed by atoms with Crippen molar-refractivity contribution >= 4 is 22.5 Å². The molecule has 28 heavy (non-hydrogen) atoms. The Morgan fingerprint density at radius 1 is 1.07 bits per heavy atom. The van der Waals surface area contributed by atoms with E-state index in [1.165, 1.54) is 18.5 Å². The molecule has 142 valence electrons. The first-order chi connectivity index (χ1) is 13.4. The minimum absolute atomic E-state index is 0.150. The number of hydrogen-bond donors (Lipinski definition) is 3. The predicted octanol–water partition coefficient (Wildman–Crippen LogP) is 4.05. The average Bonchev–Trinajstić information content (AvgIpc) is 3.08. The second-order valence-corrected chi connectivity index (χ2v) is 6.21. The normalized spacial score (nSPS) is 11.7. The molecule has 3 N–H and O–H groups in total. The fraction of sp³-hybridized carbons (Fsp3) is 0.105. The van der Waals surface area contributed by atoms with E-state index < -0.39 is 11.7 Å². The molecule has 0 aliphatic rings. The molecule has 6 nitrogen and oxygen atoms in total. The number of anilines is 2. The largest absolute Gasteiger partial charge is 0.416 e. The van der Waals surface area contributed by atoms with Crippen LogP contribution in [-0.2, 0) is 12.7 Å². The number of aromatic nitrogens is 4. The molecule has 9 heteroatoms. The van der Waals surface area contributed by atoms with Gasteiger partial charge in [0.2, 0.25) is 0 Å². The molecule has 0 radical (unpaired) electrons. The molecule has 2 aromatic carbocycles. The first kappa shape index (κ1) is 17.8. The topological polar surface area (TPSA) is 82.4 Å². The molecule has 0 saturated heterocycles. The summed E-state index contributed by atoms with van der Waals surface area (Å²) in [5.74, 6) is 0.314. The number of aromatic amines is 1. The van der Waals surface area contributed by atoms with Gasteiger partial charge in [0.1, 0.15) is 16.7 Å². The van der Waals surface area contributed by atoms with E-state index in [-0.39, 0.29) is 11.2 Å². The molecule has 0 amide bonds. The van der Waals surface area contributed by atoms with E-state index in [1.54, 1.807) is 4.57 Å². The van der Waals surface area contributed by atoms with Crippen molar-refractivity contribution in [2.45, 2.75) is 12.7 Å². The number of nitrogens with zero attached hydrogens (tertiary/aromatic N) is 3. The summed E-state index contributed by atoms with van der Waals surface area (Å²) in [4.78, 5) is 4.24. The molecule has 0 aliphatic heterocycles. The fourth-order valence-corrected chi connectivity index (χ4v) is 2.88. The van der Waals surface area contributed by atoms with E-state index in [0.717, 1.165) is 17.7 Å². The molecular formula is C19H15F3N6. The minimum Gasteiger partial charge on any atom is -0.340 e. The van der Waals surface area contributed by atoms with Crippen molar-refractivity contribution in [2.75, 3.05) is 5.32 Å². The van der Waals surface area contributed by atoms with Gasteiger partial charge in [0.25, 0.3) is 0 Å². The molecule has 4 aromatic rings. The summed E-state index contributed by atoms with van der Waals surface area (Å²) in [5.41, 5.74) is 0.932. The Hall–Kier alpha value is -3.62. The van der Waals surface area contributed by atoms with Gasteiger partial charge in [-0.3, -0.25) is 10.5 Å². The number of nitrogens with one attached hydrogen (secondary N) is 3. The second kappa shape index (κ2) is 6.84. The Morgan fingerprint density at radius 3 is 2.61 bits per heavy atom. The Labute approximate surface area is 157 Å². The van der Waals surface area contributed by atoms with Crippen LogP contribution in [0.1, 0.15) is 11.1 Å². The predicted molar refractivity (Wildman–Crippen MR) is 98.0 cm³/mol. The van der Waals surface area contributed by atoms with E-state index >= 15 is 0 Å². The van der Waals surface area contributed by atoms with E-state index in [4.69, 9.17) is 5.41 Å². The third kappa shape index (κ3) is 3.46. The van der Waals surface area contributed by atoms with Gasteiger partial charge >= 0.3 is 6.18 Å². The van der Waals surface area contributed by atoms with Gasteiger partial charge in [-0.1, -0.05) is 36.4 Å². The molecule has 0 aliphatic carbocycles. The van der Waals surface area contributed by atoms with Crippen LogP contribution in [0.25, 0.3) is 11.0 Å². The van der Waals surface area contributed by atoms with Crippen molar-refractivity contribution < 1.29 is 13.2 Å². The lowest BCUT2D eigenvalue weighted by Gasteiger charge is -2.10. The van der Waals surface area contributed by atoms with Crippen molar-refractivity contribution in [1.29, 1.82) is 5.41 Å². The van der Waals surface area contributed by atoms with Gasteiger partial charge in [-0.2, -0.15) is 18.3 Å². The second-order valence-electron chi connectivity index (χ2n) is 6.21. The van der Waals surface area contributed by atoms with Crippen molar-refractivity contribution in [3.63, 3.8) is 0 Å². The van der Waals surface area contributed by atoms with Crippen molar-refractivity contribution in [3.05, 3.63) is 77.5 Å². The van der Waals surface area contributed by atoms with Crippen molar-refractivity contribution in [3.8, 4) is 0 Å². The highest BCUT2D eigenvalue weighted by atomic mass is 19.4. The van der Waals surface area contributed by atoms with Crippen LogP contribution in [0.3, 0.4) is 0 Å². The maximum atomic E-state index is 12.9. The summed E-state index contributed by atoms with van der Waals surface area (Å²) in [5, 5.41) is 18.5. The van der Waals surface area contributed by atoms with Crippen molar-refractivity contribution in [1.82, 2.24) is 19.7 Å². The zero-order chi connectivity index (χ0) is 19.7. The quantitative estimate of drug-likeness (QED) is 0.496. The highest BCUT2D eigenvalue weighted by Crippen LogP contribution is 2.31. The van der Waals surface area contributed by atoms with Gasteiger partial charge in [-0.15, -0.1) is 0 Å². The molecule has 0 unspecified atom stereocenters. The molecule has 0 fully saturated rings. The number of halogens is 3. The Kier molecular flexibility index (Phi) is 4.34. The fourth-order valence-electron chi connectivity index (χ4n) is 2.88. The summed E-state index contributed by atoms with van der Waals surface area (Å²) in [6, 6.07) is 14.4. The summed E-state index contributed by atoms with van der Waals surface area (Å²) in [7, 11) is 0. The monoisotopic (exact) mass is 384 g/mol. The van der Waals surface area contributed by atoms with E-state index in [0.29, 0.717) is 23.4 Å². The van der Waals surface area contributed by atoms with Crippen LogP contribution in [0.5, 0.6) is 0 Å². The number of hydrogen-bond acceptors (Lipinski definition) is 4. The highest BCUT2D eigenvalue weighted by Gasteiger charge is 2.30. The zero-order valence-electron chi connectivity index (χ0n) is 14.5. The Bertz CT molecular complexity index is 1180. The molecule has 0 saturated carbocycles. The Morgan fingerprint density at radius 2 is 1.86 bits per heavy atom. The van der Waals surface area contributed by atoms with Crippen LogP contribution in [0.2, 0.25) is 0 Å². The third-order valence-corrected chi connectivity index (χ3v) is 4.25. The van der Waals surface area contributed by atoms with E-state index in [1.807, 2.05) is 30.3 Å². The standard InChI is InChI=1S/C19H15F3N6/c20-19(21,22)13-7-4-8-14(9-13)25-18-15-16(23)28(11-24-17(15)26-27-18)10-12-5-2-1-3-6-12/h1-9,11,23H,10H2,(H2,25,26,27). The van der Waals surface area contributed by atoms with Crippen LogP contribution in [-0.4, -0.2) is 19.7 Å². The number of alkyl halides is 3. The SMILES string of the molecule is N=c1c2c(Nc3cccc(C(F)(F)F)c3)[nH]nc2ncn1Cc1ccccc1. The molecule has 2 aromatic heterocycles. The van der Waals surface area contributed by atoms with Gasteiger partial charge in [-0.25, -0.2) is 4.98 Å². The summed E-state index contributed by atoms with van der Waals surface area (Å²) >= 11 is 0. The van der Waals surface area contributed by atoms with Gasteiger partial charge in [-0.05, 0) is 23.8 Å². The van der Waals surface area contributed by atoms with E-state index in [9.17, 15) is 13.2 Å². The van der Waals surface area contributed by atoms with Gasteiger partial charge in [0.15, 0.2) is 5.65 Å². The minimum atomic E-state index is -4.44. The lowest BCUT2D eigenvalue weighted by molar-refractivity contribution is -0.137. The Balaban J connectivity index is 1.71. The highest BCUT2D eigenvalue weighted by molar-refractivity contribution is 5.87. The maximum Gasteiger partial charge on any atom is 0.416 e. The lowest BCUT2D eigenvalue weighted by Crippen LogP contribution is -2.21.